The zero-order valence-corrected chi connectivity index (χ0v) is 14.6. The summed E-state index contributed by atoms with van der Waals surface area (Å²) in [5.41, 5.74) is -0.0169. The number of hydrogen-bond donors (Lipinski definition) is 4. The number of nitrogens with one attached hydrogen (secondary N) is 3. The maximum absolute atomic E-state index is 12.3. The van der Waals surface area contributed by atoms with E-state index in [-0.39, 0.29) is 25.2 Å². The SMILES string of the molecule is C[C@@H]1COC[C@@](CO)(CNC(=O)Nc2ccccc2OCC2CC2)N1. The molecule has 25 heavy (non-hydrogen) atoms. The molecule has 3 rings (SSSR count). The van der Waals surface area contributed by atoms with Crippen molar-refractivity contribution in [2.75, 3.05) is 38.3 Å². The van der Waals surface area contributed by atoms with Crippen molar-refractivity contribution in [2.24, 2.45) is 5.92 Å². The Hall–Kier alpha value is -1.83. The van der Waals surface area contributed by atoms with Crippen LogP contribution in [0.25, 0.3) is 0 Å². The highest BCUT2D eigenvalue weighted by atomic mass is 16.5. The Balaban J connectivity index is 1.53. The first-order chi connectivity index (χ1) is 12.1. The minimum absolute atomic E-state index is 0.112. The molecule has 1 saturated heterocycles. The molecule has 1 saturated carbocycles. The number of carbonyl (C=O) groups is 1. The van der Waals surface area contributed by atoms with E-state index in [4.69, 9.17) is 9.47 Å². The van der Waals surface area contributed by atoms with Crippen LogP contribution in [0.3, 0.4) is 0 Å². The van der Waals surface area contributed by atoms with Crippen LogP contribution >= 0.6 is 0 Å². The number of anilines is 1. The molecular weight excluding hydrogens is 322 g/mol. The number of aliphatic hydroxyl groups is 1. The summed E-state index contributed by atoms with van der Waals surface area (Å²) in [7, 11) is 0. The minimum Gasteiger partial charge on any atom is -0.491 e. The number of amides is 2. The number of urea groups is 1. The van der Waals surface area contributed by atoms with Crippen molar-refractivity contribution in [1.29, 1.82) is 0 Å². The van der Waals surface area contributed by atoms with Gasteiger partial charge in [-0.3, -0.25) is 0 Å². The fourth-order valence-corrected chi connectivity index (χ4v) is 2.89. The summed E-state index contributed by atoms with van der Waals surface area (Å²) in [4.78, 5) is 12.3. The Labute approximate surface area is 148 Å². The maximum Gasteiger partial charge on any atom is 0.319 e. The Bertz CT molecular complexity index is 593. The largest absolute Gasteiger partial charge is 0.491 e. The summed E-state index contributed by atoms with van der Waals surface area (Å²) in [5, 5.41) is 18.6. The molecule has 0 unspecified atom stereocenters. The van der Waals surface area contributed by atoms with Crippen LogP contribution in [0, 0.1) is 5.92 Å². The Morgan fingerprint density at radius 2 is 2.24 bits per heavy atom. The summed E-state index contributed by atoms with van der Waals surface area (Å²) < 4.78 is 11.3. The van der Waals surface area contributed by atoms with Gasteiger partial charge in [-0.1, -0.05) is 12.1 Å². The number of ether oxygens (including phenoxy) is 2. The highest BCUT2D eigenvalue weighted by Crippen LogP contribution is 2.31. The molecule has 2 atom stereocenters. The van der Waals surface area contributed by atoms with Gasteiger partial charge >= 0.3 is 6.03 Å². The first-order valence-corrected chi connectivity index (χ1v) is 8.83. The molecule has 1 aromatic rings. The average molecular weight is 349 g/mol. The van der Waals surface area contributed by atoms with Crippen molar-refractivity contribution in [3.63, 3.8) is 0 Å². The molecule has 1 heterocycles. The second-order valence-electron chi connectivity index (χ2n) is 7.06. The van der Waals surface area contributed by atoms with Crippen LogP contribution in [-0.2, 0) is 4.74 Å². The lowest BCUT2D eigenvalue weighted by molar-refractivity contribution is -0.0198. The minimum atomic E-state index is -0.656. The van der Waals surface area contributed by atoms with E-state index in [0.29, 0.717) is 37.2 Å². The van der Waals surface area contributed by atoms with Gasteiger partial charge < -0.3 is 30.5 Å². The van der Waals surface area contributed by atoms with Crippen molar-refractivity contribution >= 4 is 11.7 Å². The quantitative estimate of drug-likeness (QED) is 0.596. The molecule has 0 spiro atoms. The highest BCUT2D eigenvalue weighted by molar-refractivity contribution is 5.90. The lowest BCUT2D eigenvalue weighted by Gasteiger charge is -2.39. The van der Waals surface area contributed by atoms with Gasteiger partial charge in [-0.15, -0.1) is 0 Å². The van der Waals surface area contributed by atoms with Gasteiger partial charge in [0.25, 0.3) is 0 Å². The third-order valence-electron chi connectivity index (χ3n) is 4.50. The third kappa shape index (κ3) is 5.07. The third-order valence-corrected chi connectivity index (χ3v) is 4.50. The van der Waals surface area contributed by atoms with E-state index in [1.165, 1.54) is 12.8 Å². The van der Waals surface area contributed by atoms with Crippen LogP contribution in [0.5, 0.6) is 5.75 Å². The number of hydrogen-bond acceptors (Lipinski definition) is 5. The Morgan fingerprint density at radius 3 is 2.96 bits per heavy atom. The lowest BCUT2D eigenvalue weighted by Crippen LogP contribution is -2.65. The Morgan fingerprint density at radius 1 is 1.44 bits per heavy atom. The lowest BCUT2D eigenvalue weighted by atomic mass is 9.99. The van der Waals surface area contributed by atoms with Crippen molar-refractivity contribution in [3.8, 4) is 5.75 Å². The number of rotatable bonds is 7. The first kappa shape index (κ1) is 18.0. The molecule has 138 valence electrons. The predicted octanol–water partition coefficient (Wildman–Crippen LogP) is 1.34. The number of aliphatic hydroxyl groups excluding tert-OH is 1. The van der Waals surface area contributed by atoms with Gasteiger partial charge in [-0.25, -0.2) is 4.79 Å². The summed E-state index contributed by atoms with van der Waals surface area (Å²) in [6.07, 6.45) is 2.43. The van der Waals surface area contributed by atoms with E-state index >= 15 is 0 Å². The molecule has 1 aliphatic heterocycles. The summed E-state index contributed by atoms with van der Waals surface area (Å²) >= 11 is 0. The van der Waals surface area contributed by atoms with Gasteiger partial charge in [-0.2, -0.15) is 0 Å². The van der Waals surface area contributed by atoms with Crippen molar-refractivity contribution < 1.29 is 19.4 Å². The van der Waals surface area contributed by atoms with E-state index in [1.807, 2.05) is 31.2 Å². The molecule has 0 aromatic heterocycles. The van der Waals surface area contributed by atoms with Crippen LogP contribution < -0.4 is 20.7 Å². The van der Waals surface area contributed by atoms with Gasteiger partial charge in [0.05, 0.1) is 37.7 Å². The van der Waals surface area contributed by atoms with Gasteiger partial charge in [0.15, 0.2) is 0 Å². The van der Waals surface area contributed by atoms with E-state index in [9.17, 15) is 9.90 Å². The molecule has 1 aromatic carbocycles. The Kier molecular flexibility index (Phi) is 5.78. The van der Waals surface area contributed by atoms with Crippen molar-refractivity contribution in [1.82, 2.24) is 10.6 Å². The summed E-state index contributed by atoms with van der Waals surface area (Å²) in [6, 6.07) is 7.20. The molecule has 2 fully saturated rings. The van der Waals surface area contributed by atoms with Gasteiger partial charge in [0, 0.05) is 12.6 Å². The molecule has 7 nitrogen and oxygen atoms in total. The van der Waals surface area contributed by atoms with E-state index in [1.54, 1.807) is 0 Å². The second-order valence-corrected chi connectivity index (χ2v) is 7.06. The average Bonchev–Trinajstić information content (AvgIpc) is 3.44. The van der Waals surface area contributed by atoms with E-state index in [2.05, 4.69) is 16.0 Å². The second kappa shape index (κ2) is 8.03. The fraction of sp³-hybridized carbons (Fsp3) is 0.611. The zero-order chi connectivity index (χ0) is 17.7. The molecule has 7 heteroatoms. The highest BCUT2D eigenvalue weighted by Gasteiger charge is 2.35. The molecule has 2 amide bonds. The fourth-order valence-electron chi connectivity index (χ4n) is 2.89. The van der Waals surface area contributed by atoms with Crippen molar-refractivity contribution in [2.45, 2.75) is 31.3 Å². The first-order valence-electron chi connectivity index (χ1n) is 8.83. The molecule has 0 bridgehead atoms. The van der Waals surface area contributed by atoms with Gasteiger partial charge in [0.1, 0.15) is 5.75 Å². The topological polar surface area (TPSA) is 91.9 Å². The molecular formula is C18H27N3O4. The summed E-state index contributed by atoms with van der Waals surface area (Å²) in [5.74, 6) is 1.32. The zero-order valence-electron chi connectivity index (χ0n) is 14.6. The van der Waals surface area contributed by atoms with Crippen LogP contribution in [0.4, 0.5) is 10.5 Å². The van der Waals surface area contributed by atoms with Crippen LogP contribution in [-0.4, -0.2) is 55.7 Å². The predicted molar refractivity (Wildman–Crippen MR) is 94.9 cm³/mol. The smallest absolute Gasteiger partial charge is 0.319 e. The van der Waals surface area contributed by atoms with Gasteiger partial charge in [-0.05, 0) is 37.8 Å². The normalized spacial score (nSPS) is 26.1. The van der Waals surface area contributed by atoms with E-state index in [0.717, 1.165) is 0 Å². The van der Waals surface area contributed by atoms with Crippen LogP contribution in [0.1, 0.15) is 19.8 Å². The van der Waals surface area contributed by atoms with Crippen LogP contribution in [0.2, 0.25) is 0 Å². The monoisotopic (exact) mass is 349 g/mol. The number of para-hydroxylation sites is 2. The van der Waals surface area contributed by atoms with E-state index < -0.39 is 5.54 Å². The molecule has 0 radical (unpaired) electrons. The molecule has 4 N–H and O–H groups in total. The van der Waals surface area contributed by atoms with Crippen LogP contribution in [0.15, 0.2) is 24.3 Å². The number of carbonyl (C=O) groups excluding carboxylic acids is 1. The van der Waals surface area contributed by atoms with Crippen molar-refractivity contribution in [3.05, 3.63) is 24.3 Å². The molecule has 1 aliphatic carbocycles. The number of morpholine rings is 1. The maximum atomic E-state index is 12.3. The number of benzene rings is 1. The summed E-state index contributed by atoms with van der Waals surface area (Å²) in [6.45, 7) is 3.78. The van der Waals surface area contributed by atoms with Gasteiger partial charge in [0.2, 0.25) is 0 Å². The molecule has 2 aliphatic rings. The standard InChI is InChI=1S/C18H27N3O4/c1-13-8-24-12-18(11-22,21-13)10-19-17(23)20-15-4-2-3-5-16(15)25-9-14-6-7-14/h2-5,13-14,21-22H,6-12H2,1H3,(H2,19,20,23)/t13-,18+/m1/s1.